The molecule has 2 aliphatic carbocycles. The fraction of sp³-hybridized carbons (Fsp3) is 0.941. The van der Waals surface area contributed by atoms with Crippen molar-refractivity contribution in [2.24, 2.45) is 29.4 Å². The van der Waals surface area contributed by atoms with Crippen LogP contribution in [0.3, 0.4) is 0 Å². The van der Waals surface area contributed by atoms with Crippen LogP contribution in [0.5, 0.6) is 0 Å². The van der Waals surface area contributed by atoms with Gasteiger partial charge in [-0.2, -0.15) is 0 Å². The van der Waals surface area contributed by atoms with Gasteiger partial charge in [-0.25, -0.2) is 0 Å². The van der Waals surface area contributed by atoms with Crippen LogP contribution in [0.2, 0.25) is 0 Å². The maximum atomic E-state index is 12.3. The zero-order chi connectivity index (χ0) is 14.5. The van der Waals surface area contributed by atoms with E-state index in [2.05, 4.69) is 19.2 Å². The van der Waals surface area contributed by atoms with Crippen LogP contribution in [0.4, 0.5) is 0 Å². The van der Waals surface area contributed by atoms with Gasteiger partial charge >= 0.3 is 0 Å². The predicted molar refractivity (Wildman–Crippen MR) is 83.2 cm³/mol. The monoisotopic (exact) mass is 280 g/mol. The molecule has 0 aliphatic heterocycles. The molecule has 2 saturated carbocycles. The Morgan fingerprint density at radius 1 is 1.15 bits per heavy atom. The molecule has 1 amide bonds. The van der Waals surface area contributed by atoms with Crippen molar-refractivity contribution in [2.75, 3.05) is 6.54 Å². The van der Waals surface area contributed by atoms with Gasteiger partial charge in [0, 0.05) is 18.5 Å². The Balaban J connectivity index is 1.67. The van der Waals surface area contributed by atoms with Gasteiger partial charge in [-0.3, -0.25) is 4.79 Å². The highest BCUT2D eigenvalue weighted by Crippen LogP contribution is 2.31. The average Bonchev–Trinajstić information content (AvgIpc) is 2.38. The van der Waals surface area contributed by atoms with Crippen LogP contribution in [0.1, 0.15) is 65.2 Å². The molecule has 0 saturated heterocycles. The summed E-state index contributed by atoms with van der Waals surface area (Å²) in [7, 11) is 0. The van der Waals surface area contributed by atoms with Crippen LogP contribution in [-0.4, -0.2) is 18.5 Å². The molecule has 0 radical (unpaired) electrons. The first-order valence-corrected chi connectivity index (χ1v) is 8.59. The molecule has 2 fully saturated rings. The van der Waals surface area contributed by atoms with E-state index in [1.807, 2.05) is 0 Å². The molecule has 0 aromatic rings. The third kappa shape index (κ3) is 4.47. The Morgan fingerprint density at radius 3 is 2.65 bits per heavy atom. The zero-order valence-corrected chi connectivity index (χ0v) is 13.2. The fourth-order valence-corrected chi connectivity index (χ4v) is 4.18. The van der Waals surface area contributed by atoms with Crippen LogP contribution in [0.15, 0.2) is 0 Å². The molecule has 5 unspecified atom stereocenters. The lowest BCUT2D eigenvalue weighted by molar-refractivity contribution is -0.127. The topological polar surface area (TPSA) is 55.1 Å². The van der Waals surface area contributed by atoms with Gasteiger partial charge in [0.15, 0.2) is 0 Å². The number of nitrogens with two attached hydrogens (primary N) is 1. The van der Waals surface area contributed by atoms with Crippen molar-refractivity contribution >= 4 is 5.91 Å². The summed E-state index contributed by atoms with van der Waals surface area (Å²) in [5.74, 6) is 2.61. The van der Waals surface area contributed by atoms with Crippen LogP contribution in [0, 0.1) is 23.7 Å². The molecule has 0 aromatic carbocycles. The average molecular weight is 280 g/mol. The van der Waals surface area contributed by atoms with Crippen LogP contribution in [0.25, 0.3) is 0 Å². The zero-order valence-electron chi connectivity index (χ0n) is 13.2. The van der Waals surface area contributed by atoms with Crippen molar-refractivity contribution in [3.63, 3.8) is 0 Å². The Hall–Kier alpha value is -0.570. The summed E-state index contributed by atoms with van der Waals surface area (Å²) in [4.78, 5) is 12.3. The van der Waals surface area contributed by atoms with Gasteiger partial charge in [-0.05, 0) is 49.9 Å². The van der Waals surface area contributed by atoms with E-state index in [0.717, 1.165) is 44.1 Å². The van der Waals surface area contributed by atoms with Crippen molar-refractivity contribution in [3.05, 3.63) is 0 Å². The van der Waals surface area contributed by atoms with Gasteiger partial charge in [0.25, 0.3) is 0 Å². The second-order valence-corrected chi connectivity index (χ2v) is 7.37. The van der Waals surface area contributed by atoms with E-state index >= 15 is 0 Å². The lowest BCUT2D eigenvalue weighted by Crippen LogP contribution is -2.41. The van der Waals surface area contributed by atoms with Crippen molar-refractivity contribution in [2.45, 2.75) is 71.3 Å². The Kier molecular flexibility index (Phi) is 5.88. The van der Waals surface area contributed by atoms with E-state index in [4.69, 9.17) is 5.73 Å². The Bertz CT molecular complexity index is 318. The molecule has 0 aromatic heterocycles. The third-order valence-electron chi connectivity index (χ3n) is 5.44. The highest BCUT2D eigenvalue weighted by atomic mass is 16.1. The lowest BCUT2D eigenvalue weighted by Gasteiger charge is -2.32. The molecule has 20 heavy (non-hydrogen) atoms. The molecule has 3 nitrogen and oxygen atoms in total. The normalized spacial score (nSPS) is 38.5. The van der Waals surface area contributed by atoms with E-state index in [0.29, 0.717) is 12.0 Å². The minimum atomic E-state index is 0.195. The van der Waals surface area contributed by atoms with Crippen LogP contribution < -0.4 is 11.1 Å². The summed E-state index contributed by atoms with van der Waals surface area (Å²) >= 11 is 0. The van der Waals surface area contributed by atoms with E-state index in [9.17, 15) is 4.79 Å². The van der Waals surface area contributed by atoms with Gasteiger partial charge in [0.2, 0.25) is 5.91 Å². The van der Waals surface area contributed by atoms with Gasteiger partial charge in [0.1, 0.15) is 0 Å². The molecule has 5 atom stereocenters. The molecule has 0 heterocycles. The molecule has 3 N–H and O–H groups in total. The largest absolute Gasteiger partial charge is 0.356 e. The predicted octanol–water partition coefficient (Wildman–Crippen LogP) is 3.08. The van der Waals surface area contributed by atoms with Gasteiger partial charge in [-0.1, -0.05) is 33.1 Å². The third-order valence-corrected chi connectivity index (χ3v) is 5.44. The maximum absolute atomic E-state index is 12.3. The second kappa shape index (κ2) is 7.44. The standard InChI is InChI=1S/C17H32N2O/c1-12-4-3-5-14(10-12)8-9-19-17(20)16-7-6-15(18)11-13(16)2/h12-16H,3-11,18H2,1-2H3,(H,19,20). The number of rotatable bonds is 4. The summed E-state index contributed by atoms with van der Waals surface area (Å²) < 4.78 is 0. The summed E-state index contributed by atoms with van der Waals surface area (Å²) in [6, 6.07) is 0.303. The quantitative estimate of drug-likeness (QED) is 0.831. The highest BCUT2D eigenvalue weighted by Gasteiger charge is 2.30. The number of nitrogens with one attached hydrogen (secondary N) is 1. The van der Waals surface area contributed by atoms with E-state index in [1.165, 1.54) is 25.7 Å². The lowest BCUT2D eigenvalue weighted by atomic mass is 9.77. The molecule has 3 heteroatoms. The van der Waals surface area contributed by atoms with Gasteiger partial charge < -0.3 is 11.1 Å². The minimum absolute atomic E-state index is 0.195. The Morgan fingerprint density at radius 2 is 1.95 bits per heavy atom. The number of carbonyl (C=O) groups is 1. The van der Waals surface area contributed by atoms with Crippen molar-refractivity contribution < 1.29 is 4.79 Å². The molecule has 0 bridgehead atoms. The van der Waals surface area contributed by atoms with Crippen molar-refractivity contribution in [1.82, 2.24) is 5.32 Å². The number of amides is 1. The SMILES string of the molecule is CC1CCCC(CCNC(=O)C2CCC(N)CC2C)C1. The Labute approximate surface area is 124 Å². The van der Waals surface area contributed by atoms with E-state index in [1.54, 1.807) is 0 Å². The summed E-state index contributed by atoms with van der Waals surface area (Å²) in [5, 5.41) is 3.18. The molecule has 2 rings (SSSR count). The fourth-order valence-electron chi connectivity index (χ4n) is 4.18. The number of carbonyl (C=O) groups excluding carboxylic acids is 1. The maximum Gasteiger partial charge on any atom is 0.223 e. The minimum Gasteiger partial charge on any atom is -0.356 e. The number of hydrogen-bond donors (Lipinski definition) is 2. The van der Waals surface area contributed by atoms with E-state index < -0.39 is 0 Å². The number of hydrogen-bond acceptors (Lipinski definition) is 2. The molecule has 116 valence electrons. The van der Waals surface area contributed by atoms with Crippen LogP contribution in [-0.2, 0) is 4.79 Å². The first-order chi connectivity index (χ1) is 9.56. The van der Waals surface area contributed by atoms with E-state index in [-0.39, 0.29) is 11.8 Å². The molecule has 2 aliphatic rings. The van der Waals surface area contributed by atoms with Gasteiger partial charge in [-0.15, -0.1) is 0 Å². The summed E-state index contributed by atoms with van der Waals surface area (Å²) in [5.41, 5.74) is 5.97. The first-order valence-electron chi connectivity index (χ1n) is 8.59. The first kappa shape index (κ1) is 15.8. The van der Waals surface area contributed by atoms with Crippen molar-refractivity contribution in [3.8, 4) is 0 Å². The van der Waals surface area contributed by atoms with Crippen molar-refractivity contribution in [1.29, 1.82) is 0 Å². The molecular formula is C17H32N2O. The van der Waals surface area contributed by atoms with Crippen LogP contribution >= 0.6 is 0 Å². The molecular weight excluding hydrogens is 248 g/mol. The summed E-state index contributed by atoms with van der Waals surface area (Å²) in [6.07, 6.45) is 9.60. The van der Waals surface area contributed by atoms with Gasteiger partial charge in [0.05, 0.1) is 0 Å². The highest BCUT2D eigenvalue weighted by molar-refractivity contribution is 5.79. The smallest absolute Gasteiger partial charge is 0.223 e. The second-order valence-electron chi connectivity index (χ2n) is 7.37. The summed E-state index contributed by atoms with van der Waals surface area (Å²) in [6.45, 7) is 5.40. The molecule has 0 spiro atoms.